The second kappa shape index (κ2) is 6.39. The number of aromatic amines is 2. The van der Waals surface area contributed by atoms with E-state index in [9.17, 15) is 9.59 Å². The average Bonchev–Trinajstić information content (AvgIpc) is 2.93. The first-order chi connectivity index (χ1) is 11.4. The van der Waals surface area contributed by atoms with Crippen molar-refractivity contribution in [2.45, 2.75) is 39.0 Å². The molecule has 0 atom stereocenters. The summed E-state index contributed by atoms with van der Waals surface area (Å²) in [6.45, 7) is 8.16. The smallest absolute Gasteiger partial charge is 0.273 e. The van der Waals surface area contributed by atoms with Crippen molar-refractivity contribution >= 4 is 16.9 Å². The van der Waals surface area contributed by atoms with Crippen molar-refractivity contribution in [3.63, 3.8) is 0 Å². The first-order valence-electron chi connectivity index (χ1n) is 8.34. The normalized spacial score (nSPS) is 16.5. The first-order valence-corrected chi connectivity index (χ1v) is 8.34. The number of rotatable bonds is 3. The number of pyridine rings is 1. The Morgan fingerprint density at radius 2 is 2.04 bits per heavy atom. The summed E-state index contributed by atoms with van der Waals surface area (Å²) in [4.78, 5) is 28.8. The molecule has 1 aliphatic rings. The summed E-state index contributed by atoms with van der Waals surface area (Å²) in [5.74, 6) is 0.233. The molecule has 130 valence electrons. The van der Waals surface area contributed by atoms with E-state index in [1.807, 2.05) is 20.8 Å². The SMILES string of the molecule is CC(C)(C)c1cc(C(=O)NCC2CCOCC2)nc2[nH][nH]c(=O)c12. The molecule has 0 unspecified atom stereocenters. The molecule has 1 amide bonds. The van der Waals surface area contributed by atoms with Crippen LogP contribution in [-0.4, -0.2) is 40.8 Å². The predicted molar refractivity (Wildman–Crippen MR) is 91.3 cm³/mol. The average molecular weight is 332 g/mol. The molecule has 7 heteroatoms. The predicted octanol–water partition coefficient (Wildman–Crippen LogP) is 1.71. The minimum absolute atomic E-state index is 0.211. The highest BCUT2D eigenvalue weighted by Crippen LogP contribution is 2.27. The fourth-order valence-electron chi connectivity index (χ4n) is 3.03. The van der Waals surface area contributed by atoms with Crippen LogP contribution in [0.15, 0.2) is 10.9 Å². The third kappa shape index (κ3) is 3.36. The van der Waals surface area contributed by atoms with Gasteiger partial charge in [-0.05, 0) is 35.8 Å². The van der Waals surface area contributed by atoms with Crippen molar-refractivity contribution < 1.29 is 9.53 Å². The first kappa shape index (κ1) is 16.7. The van der Waals surface area contributed by atoms with Crippen LogP contribution >= 0.6 is 0 Å². The Morgan fingerprint density at radius 3 is 2.71 bits per heavy atom. The zero-order valence-electron chi connectivity index (χ0n) is 14.4. The van der Waals surface area contributed by atoms with Gasteiger partial charge >= 0.3 is 0 Å². The van der Waals surface area contributed by atoms with Crippen molar-refractivity contribution in [1.29, 1.82) is 0 Å². The molecule has 0 saturated carbocycles. The number of amides is 1. The number of aromatic nitrogens is 3. The molecule has 3 N–H and O–H groups in total. The summed E-state index contributed by atoms with van der Waals surface area (Å²) in [6.07, 6.45) is 1.93. The fourth-order valence-corrected chi connectivity index (χ4v) is 3.03. The van der Waals surface area contributed by atoms with Gasteiger partial charge in [0, 0.05) is 19.8 Å². The molecular formula is C17H24N4O3. The third-order valence-corrected chi connectivity index (χ3v) is 4.47. The van der Waals surface area contributed by atoms with Crippen LogP contribution in [0, 0.1) is 5.92 Å². The lowest BCUT2D eigenvalue weighted by Crippen LogP contribution is -2.33. The third-order valence-electron chi connectivity index (χ3n) is 4.47. The highest BCUT2D eigenvalue weighted by atomic mass is 16.5. The van der Waals surface area contributed by atoms with E-state index < -0.39 is 0 Å². The van der Waals surface area contributed by atoms with Crippen LogP contribution in [0.1, 0.15) is 49.7 Å². The Bertz CT molecular complexity index is 794. The molecule has 0 aromatic carbocycles. The van der Waals surface area contributed by atoms with Crippen LogP contribution in [0.3, 0.4) is 0 Å². The molecule has 1 fully saturated rings. The number of fused-ring (bicyclic) bond motifs is 1. The summed E-state index contributed by atoms with van der Waals surface area (Å²) in [5, 5.41) is 8.78. The van der Waals surface area contributed by atoms with Crippen molar-refractivity contribution in [1.82, 2.24) is 20.5 Å². The molecule has 1 aliphatic heterocycles. The van der Waals surface area contributed by atoms with E-state index in [1.165, 1.54) is 0 Å². The standard InChI is InChI=1S/C17H24N4O3/c1-17(2,3)11-8-12(19-14-13(11)16(23)21-20-14)15(22)18-9-10-4-6-24-7-5-10/h8,10H,4-7,9H2,1-3H3,(H,18,22)(H2,19,20,21,23). The Labute approximate surface area is 140 Å². The summed E-state index contributed by atoms with van der Waals surface area (Å²) in [5.41, 5.74) is 1.08. The number of carbonyl (C=O) groups excluding carboxylic acids is 1. The second-order valence-electron chi connectivity index (χ2n) is 7.37. The van der Waals surface area contributed by atoms with E-state index in [1.54, 1.807) is 6.07 Å². The van der Waals surface area contributed by atoms with Gasteiger partial charge in [0.05, 0.1) is 5.39 Å². The van der Waals surface area contributed by atoms with Crippen LogP contribution in [0.25, 0.3) is 11.0 Å². The molecule has 3 heterocycles. The minimum Gasteiger partial charge on any atom is -0.381 e. The molecule has 24 heavy (non-hydrogen) atoms. The molecular weight excluding hydrogens is 308 g/mol. The Balaban J connectivity index is 1.86. The van der Waals surface area contributed by atoms with Gasteiger partial charge in [0.2, 0.25) is 0 Å². The Kier molecular flexibility index (Phi) is 4.45. The summed E-state index contributed by atoms with van der Waals surface area (Å²) >= 11 is 0. The zero-order valence-corrected chi connectivity index (χ0v) is 14.4. The minimum atomic E-state index is -0.272. The number of H-pyrrole nitrogens is 2. The Morgan fingerprint density at radius 1 is 1.33 bits per heavy atom. The highest BCUT2D eigenvalue weighted by molar-refractivity contribution is 5.95. The number of hydrogen-bond acceptors (Lipinski definition) is 4. The summed E-state index contributed by atoms with van der Waals surface area (Å²) in [7, 11) is 0. The molecule has 0 radical (unpaired) electrons. The van der Waals surface area contributed by atoms with E-state index >= 15 is 0 Å². The number of nitrogens with zero attached hydrogens (tertiary/aromatic N) is 1. The van der Waals surface area contributed by atoms with Gasteiger partial charge in [-0.2, -0.15) is 0 Å². The second-order valence-corrected chi connectivity index (χ2v) is 7.37. The van der Waals surface area contributed by atoms with Gasteiger partial charge < -0.3 is 10.1 Å². The molecule has 0 bridgehead atoms. The van der Waals surface area contributed by atoms with Crippen LogP contribution in [-0.2, 0) is 10.2 Å². The van der Waals surface area contributed by atoms with Gasteiger partial charge in [-0.25, -0.2) is 4.98 Å². The van der Waals surface area contributed by atoms with E-state index in [2.05, 4.69) is 20.5 Å². The van der Waals surface area contributed by atoms with Gasteiger partial charge in [-0.1, -0.05) is 20.8 Å². The van der Waals surface area contributed by atoms with Crippen LogP contribution in [0.2, 0.25) is 0 Å². The van der Waals surface area contributed by atoms with Crippen LogP contribution in [0.4, 0.5) is 0 Å². The lowest BCUT2D eigenvalue weighted by atomic mass is 9.85. The molecule has 1 saturated heterocycles. The lowest BCUT2D eigenvalue weighted by molar-refractivity contribution is 0.0642. The summed E-state index contributed by atoms with van der Waals surface area (Å²) in [6, 6.07) is 1.73. The zero-order chi connectivity index (χ0) is 17.3. The molecule has 7 nitrogen and oxygen atoms in total. The molecule has 2 aromatic heterocycles. The largest absolute Gasteiger partial charge is 0.381 e. The Hall–Kier alpha value is -2.15. The van der Waals surface area contributed by atoms with Crippen LogP contribution in [0.5, 0.6) is 0 Å². The lowest BCUT2D eigenvalue weighted by Gasteiger charge is -2.22. The van der Waals surface area contributed by atoms with Gasteiger partial charge in [0.25, 0.3) is 11.5 Å². The maximum Gasteiger partial charge on any atom is 0.273 e. The van der Waals surface area contributed by atoms with Crippen molar-refractivity contribution in [2.75, 3.05) is 19.8 Å². The van der Waals surface area contributed by atoms with Crippen molar-refractivity contribution in [3.8, 4) is 0 Å². The quantitative estimate of drug-likeness (QED) is 0.796. The van der Waals surface area contributed by atoms with Gasteiger partial charge in [-0.3, -0.25) is 19.8 Å². The van der Waals surface area contributed by atoms with Crippen LogP contribution < -0.4 is 10.9 Å². The number of ether oxygens (including phenoxy) is 1. The maximum absolute atomic E-state index is 12.5. The monoisotopic (exact) mass is 332 g/mol. The number of hydrogen-bond donors (Lipinski definition) is 3. The number of nitrogens with one attached hydrogen (secondary N) is 3. The van der Waals surface area contributed by atoms with Gasteiger partial charge in [0.15, 0.2) is 5.65 Å². The van der Waals surface area contributed by atoms with E-state index in [-0.39, 0.29) is 16.9 Å². The van der Waals surface area contributed by atoms with Gasteiger partial charge in [0.1, 0.15) is 5.69 Å². The molecule has 2 aromatic rings. The van der Waals surface area contributed by atoms with Gasteiger partial charge in [-0.15, -0.1) is 0 Å². The van der Waals surface area contributed by atoms with Crippen molar-refractivity contribution in [3.05, 3.63) is 27.7 Å². The molecule has 3 rings (SSSR count). The highest BCUT2D eigenvalue weighted by Gasteiger charge is 2.24. The van der Waals surface area contributed by atoms with Crippen molar-refractivity contribution in [2.24, 2.45) is 5.92 Å². The fraction of sp³-hybridized carbons (Fsp3) is 0.588. The van der Waals surface area contributed by atoms with E-state index in [0.717, 1.165) is 31.6 Å². The maximum atomic E-state index is 12.5. The van der Waals surface area contributed by atoms with E-state index in [0.29, 0.717) is 29.2 Å². The molecule has 0 spiro atoms. The summed E-state index contributed by atoms with van der Waals surface area (Å²) < 4.78 is 5.33. The van der Waals surface area contributed by atoms with E-state index in [4.69, 9.17) is 4.74 Å². The molecule has 0 aliphatic carbocycles. The topological polar surface area (TPSA) is 99.9 Å². The number of carbonyl (C=O) groups is 1.